The van der Waals surface area contributed by atoms with Gasteiger partial charge in [-0.05, 0) is 6.42 Å². The molecule has 0 saturated heterocycles. The number of unbranched alkanes of at least 4 members (excludes halogenated alkanes) is 1. The number of rotatable bonds is 5. The molecule has 0 rings (SSSR count). The molecule has 0 radical (unpaired) electrons. The Morgan fingerprint density at radius 2 is 1.73 bits per heavy atom. The zero-order valence-corrected chi connectivity index (χ0v) is 9.32. The van der Waals surface area contributed by atoms with Crippen molar-refractivity contribution in [3.05, 3.63) is 25.3 Å². The predicted molar refractivity (Wildman–Crippen MR) is 58.3 cm³/mol. The Balaban J connectivity index is 0. The van der Waals surface area contributed by atoms with Crippen LogP contribution in [0.4, 0.5) is 0 Å². The fourth-order valence-electron chi connectivity index (χ4n) is 0.459. The Labute approximate surface area is 90.6 Å². The van der Waals surface area contributed by atoms with Gasteiger partial charge in [0.25, 0.3) is 0 Å². The summed E-state index contributed by atoms with van der Waals surface area (Å²) < 4.78 is 8.82. The van der Waals surface area contributed by atoms with Gasteiger partial charge >= 0.3 is 11.9 Å². The van der Waals surface area contributed by atoms with Crippen LogP contribution in [0.3, 0.4) is 0 Å². The van der Waals surface area contributed by atoms with Crippen LogP contribution in [0.15, 0.2) is 25.3 Å². The van der Waals surface area contributed by atoms with Crippen molar-refractivity contribution in [3.63, 3.8) is 0 Å². The third kappa shape index (κ3) is 15.2. The smallest absolute Gasteiger partial charge is 0.330 e. The summed E-state index contributed by atoms with van der Waals surface area (Å²) in [6.45, 7) is 8.98. The zero-order chi connectivity index (χ0) is 12.1. The largest absolute Gasteiger partial charge is 0.466 e. The average molecular weight is 214 g/mol. The van der Waals surface area contributed by atoms with E-state index in [1.807, 2.05) is 6.92 Å². The van der Waals surface area contributed by atoms with E-state index in [-0.39, 0.29) is 5.97 Å². The lowest BCUT2D eigenvalue weighted by atomic mass is 10.4. The van der Waals surface area contributed by atoms with Crippen LogP contribution in [0.2, 0.25) is 0 Å². The molecule has 0 amide bonds. The van der Waals surface area contributed by atoms with Gasteiger partial charge in [-0.1, -0.05) is 26.5 Å². The SMILES string of the molecule is C=CC(=O)OC.C=CC(=O)OCCCC. The number of hydrogen-bond acceptors (Lipinski definition) is 4. The topological polar surface area (TPSA) is 52.6 Å². The lowest BCUT2D eigenvalue weighted by Crippen LogP contribution is -2.00. The maximum atomic E-state index is 10.3. The minimum Gasteiger partial charge on any atom is -0.466 e. The van der Waals surface area contributed by atoms with Crippen LogP contribution in [0.25, 0.3) is 0 Å². The highest BCUT2D eigenvalue weighted by Gasteiger charge is 1.91. The molecule has 0 aliphatic rings. The molecule has 0 aromatic rings. The molecule has 0 spiro atoms. The van der Waals surface area contributed by atoms with Crippen LogP contribution in [0.1, 0.15) is 19.8 Å². The molecule has 4 nitrogen and oxygen atoms in total. The Morgan fingerprint density at radius 3 is 2.00 bits per heavy atom. The third-order valence-corrected chi connectivity index (χ3v) is 1.28. The van der Waals surface area contributed by atoms with E-state index in [0.717, 1.165) is 18.9 Å². The molecule has 0 fully saturated rings. The molecule has 86 valence electrons. The molecule has 0 aromatic heterocycles. The Kier molecular flexibility index (Phi) is 13.1. The zero-order valence-electron chi connectivity index (χ0n) is 9.32. The maximum Gasteiger partial charge on any atom is 0.330 e. The Hall–Kier alpha value is -1.58. The highest BCUT2D eigenvalue weighted by molar-refractivity contribution is 5.81. The van der Waals surface area contributed by atoms with Crippen LogP contribution >= 0.6 is 0 Å². The first kappa shape index (κ1) is 15.9. The second-order valence-electron chi connectivity index (χ2n) is 2.45. The first-order valence-corrected chi connectivity index (χ1v) is 4.61. The number of ether oxygens (including phenoxy) is 2. The quantitative estimate of drug-likeness (QED) is 0.398. The number of hydrogen-bond donors (Lipinski definition) is 0. The number of esters is 2. The fourth-order valence-corrected chi connectivity index (χ4v) is 0.459. The van der Waals surface area contributed by atoms with Crippen molar-refractivity contribution in [3.8, 4) is 0 Å². The molecular formula is C11H18O4. The highest BCUT2D eigenvalue weighted by Crippen LogP contribution is 1.88. The lowest BCUT2D eigenvalue weighted by Gasteiger charge is -1.97. The minimum atomic E-state index is -0.394. The van der Waals surface area contributed by atoms with Gasteiger partial charge in [-0.25, -0.2) is 9.59 Å². The van der Waals surface area contributed by atoms with Gasteiger partial charge in [0.05, 0.1) is 13.7 Å². The molecule has 15 heavy (non-hydrogen) atoms. The monoisotopic (exact) mass is 214 g/mol. The summed E-state index contributed by atoms with van der Waals surface area (Å²) in [6, 6.07) is 0. The molecule has 0 aliphatic heterocycles. The van der Waals surface area contributed by atoms with Gasteiger partial charge in [-0.2, -0.15) is 0 Å². The number of methoxy groups -OCH3 is 1. The second-order valence-corrected chi connectivity index (χ2v) is 2.45. The molecule has 0 N–H and O–H groups in total. The summed E-state index contributed by atoms with van der Waals surface area (Å²) in [5, 5.41) is 0. The van der Waals surface area contributed by atoms with E-state index in [1.54, 1.807) is 0 Å². The van der Waals surface area contributed by atoms with Crippen molar-refractivity contribution in [1.82, 2.24) is 0 Å². The van der Waals surface area contributed by atoms with Crippen molar-refractivity contribution >= 4 is 11.9 Å². The van der Waals surface area contributed by atoms with E-state index in [4.69, 9.17) is 0 Å². The molecule has 0 aliphatic carbocycles. The highest BCUT2D eigenvalue weighted by atomic mass is 16.5. The number of carbonyl (C=O) groups excluding carboxylic acids is 2. The van der Waals surface area contributed by atoms with Crippen molar-refractivity contribution in [2.24, 2.45) is 0 Å². The van der Waals surface area contributed by atoms with E-state index < -0.39 is 5.97 Å². The summed E-state index contributed by atoms with van der Waals surface area (Å²) in [4.78, 5) is 20.2. The molecule has 4 heteroatoms. The maximum absolute atomic E-state index is 10.3. The normalized spacial score (nSPS) is 7.87. The molecular weight excluding hydrogens is 196 g/mol. The molecule has 0 saturated carbocycles. The fraction of sp³-hybridized carbons (Fsp3) is 0.455. The van der Waals surface area contributed by atoms with Crippen LogP contribution in [-0.2, 0) is 19.1 Å². The molecule has 0 unspecified atom stereocenters. The third-order valence-electron chi connectivity index (χ3n) is 1.28. The summed E-state index contributed by atoms with van der Waals surface area (Å²) in [6.07, 6.45) is 4.26. The van der Waals surface area contributed by atoms with Crippen LogP contribution in [-0.4, -0.2) is 25.7 Å². The minimum absolute atomic E-state index is 0.330. The molecule has 0 aromatic carbocycles. The standard InChI is InChI=1S/C7H12O2.C4H6O2/c1-3-5-6-9-7(8)4-2;1-3-4(5)6-2/h4H,2-3,5-6H2,1H3;3H,1H2,2H3. The number of carbonyl (C=O) groups is 2. The van der Waals surface area contributed by atoms with Gasteiger partial charge in [-0.15, -0.1) is 0 Å². The van der Waals surface area contributed by atoms with Crippen LogP contribution in [0.5, 0.6) is 0 Å². The van der Waals surface area contributed by atoms with Gasteiger partial charge in [0, 0.05) is 12.2 Å². The first-order chi connectivity index (χ1) is 7.12. The van der Waals surface area contributed by atoms with E-state index in [2.05, 4.69) is 22.6 Å². The van der Waals surface area contributed by atoms with Gasteiger partial charge < -0.3 is 9.47 Å². The Morgan fingerprint density at radius 1 is 1.20 bits per heavy atom. The lowest BCUT2D eigenvalue weighted by molar-refractivity contribution is -0.138. The van der Waals surface area contributed by atoms with E-state index in [0.29, 0.717) is 6.61 Å². The van der Waals surface area contributed by atoms with Crippen LogP contribution < -0.4 is 0 Å². The van der Waals surface area contributed by atoms with Crippen molar-refractivity contribution in [2.75, 3.05) is 13.7 Å². The average Bonchev–Trinajstić information content (AvgIpc) is 2.28. The van der Waals surface area contributed by atoms with Crippen molar-refractivity contribution in [2.45, 2.75) is 19.8 Å². The van der Waals surface area contributed by atoms with Crippen molar-refractivity contribution < 1.29 is 19.1 Å². The predicted octanol–water partition coefficient (Wildman–Crippen LogP) is 1.86. The van der Waals surface area contributed by atoms with E-state index in [1.165, 1.54) is 13.2 Å². The molecule has 0 heterocycles. The van der Waals surface area contributed by atoms with Gasteiger partial charge in [-0.3, -0.25) is 0 Å². The van der Waals surface area contributed by atoms with Gasteiger partial charge in [0.2, 0.25) is 0 Å². The van der Waals surface area contributed by atoms with Gasteiger partial charge in [0.1, 0.15) is 0 Å². The van der Waals surface area contributed by atoms with E-state index in [9.17, 15) is 9.59 Å². The molecule has 0 atom stereocenters. The Bertz CT molecular complexity index is 209. The van der Waals surface area contributed by atoms with Gasteiger partial charge in [0.15, 0.2) is 0 Å². The second kappa shape index (κ2) is 12.4. The summed E-state index contributed by atoms with van der Waals surface area (Å²) in [7, 11) is 1.31. The van der Waals surface area contributed by atoms with E-state index >= 15 is 0 Å². The van der Waals surface area contributed by atoms with Crippen molar-refractivity contribution in [1.29, 1.82) is 0 Å². The summed E-state index contributed by atoms with van der Waals surface area (Å²) in [5.41, 5.74) is 0. The summed E-state index contributed by atoms with van der Waals surface area (Å²) >= 11 is 0. The van der Waals surface area contributed by atoms with Crippen LogP contribution in [0, 0.1) is 0 Å². The molecule has 0 bridgehead atoms. The first-order valence-electron chi connectivity index (χ1n) is 4.61. The summed E-state index contributed by atoms with van der Waals surface area (Å²) in [5.74, 6) is -0.724.